The first kappa shape index (κ1) is 12.2. The summed E-state index contributed by atoms with van der Waals surface area (Å²) in [6.07, 6.45) is 5.05. The molecule has 1 aromatic heterocycles. The quantitative estimate of drug-likeness (QED) is 0.555. The second kappa shape index (κ2) is 4.53. The largest absolute Gasteiger partial charge is 0.253 e. The van der Waals surface area contributed by atoms with Gasteiger partial charge < -0.3 is 0 Å². The molecule has 1 aromatic carbocycles. The van der Waals surface area contributed by atoms with Crippen molar-refractivity contribution in [1.82, 2.24) is 4.98 Å². The molecule has 2 aromatic rings. The molecule has 4 heteroatoms. The van der Waals surface area contributed by atoms with Crippen molar-refractivity contribution < 1.29 is 13.2 Å². The molecule has 0 atom stereocenters. The number of rotatable bonds is 1. The maximum absolute atomic E-state index is 13.7. The molecule has 0 saturated heterocycles. The number of halogens is 3. The molecule has 0 radical (unpaired) electrons. The van der Waals surface area contributed by atoms with Crippen molar-refractivity contribution in [3.63, 3.8) is 0 Å². The Labute approximate surface area is 102 Å². The lowest BCUT2D eigenvalue weighted by Crippen LogP contribution is -1.99. The third kappa shape index (κ3) is 1.95. The van der Waals surface area contributed by atoms with E-state index in [-0.39, 0.29) is 16.8 Å². The normalized spacial score (nSPS) is 10.2. The molecular formula is C14H8F3N. The molecule has 0 fully saturated rings. The predicted molar refractivity (Wildman–Crippen MR) is 62.2 cm³/mol. The van der Waals surface area contributed by atoms with E-state index in [9.17, 15) is 13.2 Å². The van der Waals surface area contributed by atoms with Crippen LogP contribution in [0.2, 0.25) is 0 Å². The molecule has 0 aliphatic carbocycles. The smallest absolute Gasteiger partial charge is 0.196 e. The Balaban J connectivity index is 2.73. The highest BCUT2D eigenvalue weighted by atomic mass is 19.2. The van der Waals surface area contributed by atoms with Crippen LogP contribution in [0.1, 0.15) is 11.3 Å². The average Bonchev–Trinajstić information content (AvgIpc) is 2.36. The molecule has 18 heavy (non-hydrogen) atoms. The molecule has 2 rings (SSSR count). The minimum absolute atomic E-state index is 0.148. The fraction of sp³-hybridized carbons (Fsp3) is 0.0714. The maximum Gasteiger partial charge on any atom is 0.196 e. The number of aryl methyl sites for hydroxylation is 1. The van der Waals surface area contributed by atoms with Crippen LogP contribution >= 0.6 is 0 Å². The number of aromatic nitrogens is 1. The van der Waals surface area contributed by atoms with Gasteiger partial charge >= 0.3 is 0 Å². The van der Waals surface area contributed by atoms with Crippen LogP contribution in [0.5, 0.6) is 0 Å². The highest BCUT2D eigenvalue weighted by molar-refractivity contribution is 5.63. The van der Waals surface area contributed by atoms with Gasteiger partial charge in [-0.2, -0.15) is 0 Å². The Morgan fingerprint density at radius 2 is 1.83 bits per heavy atom. The van der Waals surface area contributed by atoms with E-state index in [0.29, 0.717) is 5.69 Å². The van der Waals surface area contributed by atoms with E-state index < -0.39 is 17.5 Å². The van der Waals surface area contributed by atoms with Gasteiger partial charge in [-0.15, -0.1) is 6.42 Å². The molecule has 0 saturated carbocycles. The van der Waals surface area contributed by atoms with Gasteiger partial charge in [0.1, 0.15) is 0 Å². The first-order valence-electron chi connectivity index (χ1n) is 5.12. The lowest BCUT2D eigenvalue weighted by Gasteiger charge is -2.07. The first-order chi connectivity index (χ1) is 8.54. The third-order valence-electron chi connectivity index (χ3n) is 2.47. The maximum atomic E-state index is 13.7. The van der Waals surface area contributed by atoms with E-state index in [4.69, 9.17) is 6.42 Å². The lowest BCUT2D eigenvalue weighted by atomic mass is 10.1. The van der Waals surface area contributed by atoms with Crippen molar-refractivity contribution in [2.75, 3.05) is 0 Å². The summed E-state index contributed by atoms with van der Waals surface area (Å²) in [5.41, 5.74) is 0.375. The molecule has 1 nitrogen and oxygen atoms in total. The zero-order valence-electron chi connectivity index (χ0n) is 9.47. The second-order valence-electron chi connectivity index (χ2n) is 3.72. The SMILES string of the molecule is C#Cc1cc(-c2cccc(C)n2)c(F)c(F)c1F. The second-order valence-corrected chi connectivity index (χ2v) is 3.72. The standard InChI is InChI=1S/C14H8F3N/c1-3-9-7-10(13(16)14(17)12(9)15)11-6-4-5-8(2)18-11/h1,4-7H,2H3. The van der Waals surface area contributed by atoms with Crippen molar-refractivity contribution in [1.29, 1.82) is 0 Å². The van der Waals surface area contributed by atoms with Gasteiger partial charge in [0, 0.05) is 11.3 Å². The van der Waals surface area contributed by atoms with Crippen LogP contribution in [0.15, 0.2) is 24.3 Å². The first-order valence-corrected chi connectivity index (χ1v) is 5.12. The minimum atomic E-state index is -1.58. The number of pyridine rings is 1. The van der Waals surface area contributed by atoms with Crippen molar-refractivity contribution in [2.24, 2.45) is 0 Å². The van der Waals surface area contributed by atoms with E-state index in [1.165, 1.54) is 6.07 Å². The molecule has 0 unspecified atom stereocenters. The van der Waals surface area contributed by atoms with Gasteiger partial charge in [0.05, 0.1) is 11.3 Å². The summed E-state index contributed by atoms with van der Waals surface area (Å²) in [4.78, 5) is 4.05. The van der Waals surface area contributed by atoms with Crippen LogP contribution in [0.4, 0.5) is 13.2 Å². The van der Waals surface area contributed by atoms with Crippen LogP contribution in [0.3, 0.4) is 0 Å². The summed E-state index contributed by atoms with van der Waals surface area (Å²) in [7, 11) is 0. The zero-order valence-corrected chi connectivity index (χ0v) is 9.47. The van der Waals surface area contributed by atoms with Crippen molar-refractivity contribution in [2.45, 2.75) is 6.92 Å². The topological polar surface area (TPSA) is 12.9 Å². The highest BCUT2D eigenvalue weighted by Gasteiger charge is 2.19. The van der Waals surface area contributed by atoms with Gasteiger partial charge in [0.15, 0.2) is 17.5 Å². The molecule has 90 valence electrons. The molecule has 1 heterocycles. The van der Waals surface area contributed by atoms with Crippen molar-refractivity contribution in [3.05, 3.63) is 53.0 Å². The average molecular weight is 247 g/mol. The highest BCUT2D eigenvalue weighted by Crippen LogP contribution is 2.27. The van der Waals surface area contributed by atoms with Gasteiger partial charge in [0.2, 0.25) is 0 Å². The molecule has 0 bridgehead atoms. The zero-order chi connectivity index (χ0) is 13.3. The third-order valence-corrected chi connectivity index (χ3v) is 2.47. The number of nitrogens with zero attached hydrogens (tertiary/aromatic N) is 1. The fourth-order valence-electron chi connectivity index (χ4n) is 1.59. The minimum Gasteiger partial charge on any atom is -0.253 e. The summed E-state index contributed by atoms with van der Waals surface area (Å²) in [5, 5.41) is 0. The van der Waals surface area contributed by atoms with Gasteiger partial charge in [-0.3, -0.25) is 4.98 Å². The summed E-state index contributed by atoms with van der Waals surface area (Å²) in [5.74, 6) is -2.24. The van der Waals surface area contributed by atoms with Gasteiger partial charge in [0.25, 0.3) is 0 Å². The Bertz CT molecular complexity index is 657. The number of hydrogen-bond donors (Lipinski definition) is 0. The van der Waals surface area contributed by atoms with Crippen molar-refractivity contribution in [3.8, 4) is 23.6 Å². The van der Waals surface area contributed by atoms with Crippen LogP contribution < -0.4 is 0 Å². The predicted octanol–water partition coefficient (Wildman–Crippen LogP) is 3.46. The molecule has 0 spiro atoms. The van der Waals surface area contributed by atoms with Crippen LogP contribution in [-0.2, 0) is 0 Å². The summed E-state index contributed by atoms with van der Waals surface area (Å²) >= 11 is 0. The molecule has 0 N–H and O–H groups in total. The molecule has 0 aliphatic rings. The summed E-state index contributed by atoms with van der Waals surface area (Å²) in [6, 6.07) is 5.94. The van der Waals surface area contributed by atoms with E-state index in [2.05, 4.69) is 4.98 Å². The molecular weight excluding hydrogens is 239 g/mol. The molecule has 0 amide bonds. The summed E-state index contributed by atoms with van der Waals surface area (Å²) < 4.78 is 40.3. The van der Waals surface area contributed by atoms with Crippen LogP contribution in [0, 0.1) is 36.7 Å². The van der Waals surface area contributed by atoms with E-state index in [0.717, 1.165) is 6.07 Å². The number of terminal acetylenes is 1. The Hall–Kier alpha value is -2.28. The monoisotopic (exact) mass is 247 g/mol. The van der Waals surface area contributed by atoms with Crippen molar-refractivity contribution >= 4 is 0 Å². The number of benzene rings is 1. The fourth-order valence-corrected chi connectivity index (χ4v) is 1.59. The lowest BCUT2D eigenvalue weighted by molar-refractivity contribution is 0.447. The number of hydrogen-bond acceptors (Lipinski definition) is 1. The van der Waals surface area contributed by atoms with Crippen LogP contribution in [-0.4, -0.2) is 4.98 Å². The van der Waals surface area contributed by atoms with E-state index in [1.807, 2.05) is 5.92 Å². The van der Waals surface area contributed by atoms with Crippen LogP contribution in [0.25, 0.3) is 11.3 Å². The van der Waals surface area contributed by atoms with E-state index >= 15 is 0 Å². The Kier molecular flexibility index (Phi) is 3.07. The Morgan fingerprint density at radius 3 is 2.44 bits per heavy atom. The Morgan fingerprint density at radius 1 is 1.11 bits per heavy atom. The van der Waals surface area contributed by atoms with Gasteiger partial charge in [-0.1, -0.05) is 12.0 Å². The van der Waals surface area contributed by atoms with E-state index in [1.54, 1.807) is 19.1 Å². The van der Waals surface area contributed by atoms with Gasteiger partial charge in [-0.05, 0) is 25.1 Å². The molecule has 0 aliphatic heterocycles. The van der Waals surface area contributed by atoms with Gasteiger partial charge in [-0.25, -0.2) is 13.2 Å². The summed E-state index contributed by atoms with van der Waals surface area (Å²) in [6.45, 7) is 1.71.